The highest BCUT2D eigenvalue weighted by atomic mass is 35.5. The Morgan fingerprint density at radius 2 is 1.83 bits per heavy atom. The SMILES string of the molecule is Cc1ccc(CC(=O)CC(Cc2ccccc2)C(=O)O)c(Cl)c1. The monoisotopic (exact) mass is 330 g/mol. The van der Waals surface area contributed by atoms with E-state index in [1.165, 1.54) is 0 Å². The van der Waals surface area contributed by atoms with Crippen LogP contribution in [0.2, 0.25) is 5.02 Å². The van der Waals surface area contributed by atoms with Gasteiger partial charge in [-0.15, -0.1) is 0 Å². The molecular weight excluding hydrogens is 312 g/mol. The van der Waals surface area contributed by atoms with Gasteiger partial charge in [-0.05, 0) is 36.1 Å². The Balaban J connectivity index is 2.02. The van der Waals surface area contributed by atoms with Crippen LogP contribution in [0.4, 0.5) is 0 Å². The molecule has 1 atom stereocenters. The molecule has 2 rings (SSSR count). The minimum atomic E-state index is -0.947. The molecule has 1 unspecified atom stereocenters. The van der Waals surface area contributed by atoms with E-state index in [0.717, 1.165) is 16.7 Å². The highest BCUT2D eigenvalue weighted by Gasteiger charge is 2.22. The minimum Gasteiger partial charge on any atom is -0.481 e. The van der Waals surface area contributed by atoms with Crippen molar-refractivity contribution in [2.45, 2.75) is 26.2 Å². The summed E-state index contributed by atoms with van der Waals surface area (Å²) >= 11 is 6.13. The number of benzene rings is 2. The summed E-state index contributed by atoms with van der Waals surface area (Å²) in [5.74, 6) is -1.77. The second kappa shape index (κ2) is 7.93. The van der Waals surface area contributed by atoms with Crippen molar-refractivity contribution in [2.24, 2.45) is 5.92 Å². The van der Waals surface area contributed by atoms with Crippen LogP contribution in [0, 0.1) is 12.8 Å². The van der Waals surface area contributed by atoms with E-state index in [1.54, 1.807) is 0 Å². The van der Waals surface area contributed by atoms with Gasteiger partial charge in [-0.3, -0.25) is 9.59 Å². The third-order valence-electron chi connectivity index (χ3n) is 3.74. The fraction of sp³-hybridized carbons (Fsp3) is 0.263. The lowest BCUT2D eigenvalue weighted by Crippen LogP contribution is -2.21. The molecule has 3 nitrogen and oxygen atoms in total. The zero-order chi connectivity index (χ0) is 16.8. The van der Waals surface area contributed by atoms with Crippen molar-refractivity contribution in [3.8, 4) is 0 Å². The zero-order valence-electron chi connectivity index (χ0n) is 13.0. The number of carbonyl (C=O) groups is 2. The molecular formula is C19H19ClO3. The van der Waals surface area contributed by atoms with Crippen molar-refractivity contribution in [1.29, 1.82) is 0 Å². The van der Waals surface area contributed by atoms with E-state index < -0.39 is 11.9 Å². The number of rotatable bonds is 7. The van der Waals surface area contributed by atoms with Crippen LogP contribution < -0.4 is 0 Å². The molecule has 0 spiro atoms. The lowest BCUT2D eigenvalue weighted by molar-refractivity contribution is -0.143. The second-order valence-corrected chi connectivity index (χ2v) is 6.15. The molecule has 0 heterocycles. The highest BCUT2D eigenvalue weighted by Crippen LogP contribution is 2.20. The van der Waals surface area contributed by atoms with Crippen molar-refractivity contribution in [3.05, 3.63) is 70.2 Å². The van der Waals surface area contributed by atoms with Crippen molar-refractivity contribution in [3.63, 3.8) is 0 Å². The summed E-state index contributed by atoms with van der Waals surface area (Å²) in [6.45, 7) is 1.93. The quantitative estimate of drug-likeness (QED) is 0.831. The van der Waals surface area contributed by atoms with E-state index in [9.17, 15) is 14.7 Å². The van der Waals surface area contributed by atoms with E-state index in [1.807, 2.05) is 55.5 Å². The summed E-state index contributed by atoms with van der Waals surface area (Å²) in [6, 6.07) is 14.9. The van der Waals surface area contributed by atoms with E-state index in [4.69, 9.17) is 11.6 Å². The van der Waals surface area contributed by atoms with Gasteiger partial charge in [-0.1, -0.05) is 54.1 Å². The van der Waals surface area contributed by atoms with E-state index in [0.29, 0.717) is 11.4 Å². The third-order valence-corrected chi connectivity index (χ3v) is 4.10. The lowest BCUT2D eigenvalue weighted by atomic mass is 9.92. The number of carboxylic acids is 1. The van der Waals surface area contributed by atoms with Crippen LogP contribution in [-0.4, -0.2) is 16.9 Å². The van der Waals surface area contributed by atoms with Gasteiger partial charge in [-0.25, -0.2) is 0 Å². The first-order valence-corrected chi connectivity index (χ1v) is 7.87. The average Bonchev–Trinajstić information content (AvgIpc) is 2.50. The van der Waals surface area contributed by atoms with Gasteiger partial charge in [0.1, 0.15) is 5.78 Å². The van der Waals surface area contributed by atoms with Crippen LogP contribution in [0.1, 0.15) is 23.1 Å². The van der Waals surface area contributed by atoms with E-state index >= 15 is 0 Å². The Labute approximate surface area is 140 Å². The number of halogens is 1. The highest BCUT2D eigenvalue weighted by molar-refractivity contribution is 6.31. The van der Waals surface area contributed by atoms with E-state index in [-0.39, 0.29) is 18.6 Å². The van der Waals surface area contributed by atoms with Gasteiger partial charge < -0.3 is 5.11 Å². The van der Waals surface area contributed by atoms with Gasteiger partial charge in [0.05, 0.1) is 5.92 Å². The number of aliphatic carboxylic acids is 1. The predicted molar refractivity (Wildman–Crippen MR) is 90.8 cm³/mol. The Morgan fingerprint density at radius 3 is 2.43 bits per heavy atom. The molecule has 0 fully saturated rings. The number of ketones is 1. The average molecular weight is 331 g/mol. The zero-order valence-corrected chi connectivity index (χ0v) is 13.7. The molecule has 0 aliphatic rings. The van der Waals surface area contributed by atoms with Crippen LogP contribution in [0.5, 0.6) is 0 Å². The van der Waals surface area contributed by atoms with Crippen molar-refractivity contribution >= 4 is 23.4 Å². The number of hydrogen-bond donors (Lipinski definition) is 1. The molecule has 120 valence electrons. The number of aryl methyl sites for hydroxylation is 1. The number of carboxylic acid groups (broad SMARTS) is 1. The molecule has 0 aliphatic carbocycles. The molecule has 0 bridgehead atoms. The smallest absolute Gasteiger partial charge is 0.307 e. The first-order chi connectivity index (χ1) is 11.0. The molecule has 0 aliphatic heterocycles. The van der Waals surface area contributed by atoms with Crippen molar-refractivity contribution in [1.82, 2.24) is 0 Å². The maximum absolute atomic E-state index is 12.2. The van der Waals surface area contributed by atoms with Crippen LogP contribution in [0.25, 0.3) is 0 Å². The minimum absolute atomic E-state index is 0.00837. The Kier molecular flexibility index (Phi) is 5.94. The molecule has 0 saturated carbocycles. The van der Waals surface area contributed by atoms with Crippen LogP contribution >= 0.6 is 11.6 Å². The number of hydrogen-bond acceptors (Lipinski definition) is 2. The Bertz CT molecular complexity index is 695. The second-order valence-electron chi connectivity index (χ2n) is 5.74. The van der Waals surface area contributed by atoms with E-state index in [2.05, 4.69) is 0 Å². The maximum Gasteiger partial charge on any atom is 0.307 e. The largest absolute Gasteiger partial charge is 0.481 e. The standard InChI is InChI=1S/C19H19ClO3/c1-13-7-8-15(18(20)9-13)11-17(21)12-16(19(22)23)10-14-5-3-2-4-6-14/h2-9,16H,10-12H2,1H3,(H,22,23). The topological polar surface area (TPSA) is 54.4 Å². The molecule has 1 N–H and O–H groups in total. The fourth-order valence-corrected chi connectivity index (χ4v) is 2.80. The summed E-state index contributed by atoms with van der Waals surface area (Å²) in [5, 5.41) is 9.91. The van der Waals surface area contributed by atoms with Crippen LogP contribution in [0.3, 0.4) is 0 Å². The summed E-state index contributed by atoms with van der Waals surface area (Å²) in [4.78, 5) is 23.7. The Hall–Kier alpha value is -2.13. The summed E-state index contributed by atoms with van der Waals surface area (Å²) in [6.07, 6.45) is 0.523. The molecule has 4 heteroatoms. The maximum atomic E-state index is 12.2. The first kappa shape index (κ1) is 17.2. The van der Waals surface area contributed by atoms with Gasteiger partial charge in [0, 0.05) is 17.9 Å². The third kappa shape index (κ3) is 5.22. The van der Waals surface area contributed by atoms with Crippen molar-refractivity contribution in [2.75, 3.05) is 0 Å². The molecule has 2 aromatic carbocycles. The molecule has 23 heavy (non-hydrogen) atoms. The fourth-order valence-electron chi connectivity index (χ4n) is 2.50. The molecule has 0 radical (unpaired) electrons. The molecule has 2 aromatic rings. The van der Waals surface area contributed by atoms with Crippen LogP contribution in [-0.2, 0) is 22.4 Å². The van der Waals surface area contributed by atoms with Crippen LogP contribution in [0.15, 0.2) is 48.5 Å². The molecule has 0 aromatic heterocycles. The van der Waals surface area contributed by atoms with Gasteiger partial charge in [-0.2, -0.15) is 0 Å². The first-order valence-electron chi connectivity index (χ1n) is 7.49. The normalized spacial score (nSPS) is 11.9. The predicted octanol–water partition coefficient (Wildman–Crippen LogP) is 4.09. The van der Waals surface area contributed by atoms with Crippen molar-refractivity contribution < 1.29 is 14.7 Å². The Morgan fingerprint density at radius 1 is 1.13 bits per heavy atom. The molecule has 0 amide bonds. The number of Topliss-reactive ketones (excluding diaryl/α,β-unsaturated/α-hetero) is 1. The van der Waals surface area contributed by atoms with Gasteiger partial charge in [0.15, 0.2) is 0 Å². The van der Waals surface area contributed by atoms with Gasteiger partial charge in [0.2, 0.25) is 0 Å². The number of carbonyl (C=O) groups excluding carboxylic acids is 1. The lowest BCUT2D eigenvalue weighted by Gasteiger charge is -2.12. The summed E-state index contributed by atoms with van der Waals surface area (Å²) in [5.41, 5.74) is 2.69. The summed E-state index contributed by atoms with van der Waals surface area (Å²) < 4.78 is 0. The summed E-state index contributed by atoms with van der Waals surface area (Å²) in [7, 11) is 0. The van der Waals surface area contributed by atoms with Gasteiger partial charge in [0.25, 0.3) is 0 Å². The molecule has 0 saturated heterocycles. The van der Waals surface area contributed by atoms with Gasteiger partial charge >= 0.3 is 5.97 Å².